The summed E-state index contributed by atoms with van der Waals surface area (Å²) >= 11 is 0. The minimum Gasteiger partial charge on any atom is -0.321 e. The van der Waals surface area contributed by atoms with Crippen molar-refractivity contribution in [1.29, 1.82) is 0 Å². The molecule has 1 unspecified atom stereocenters. The van der Waals surface area contributed by atoms with E-state index < -0.39 is 29.0 Å². The van der Waals surface area contributed by atoms with Gasteiger partial charge in [0.2, 0.25) is 0 Å². The first-order valence-electron chi connectivity index (χ1n) is 8.26. The van der Waals surface area contributed by atoms with Crippen LogP contribution < -0.4 is 5.32 Å². The van der Waals surface area contributed by atoms with E-state index in [0.717, 1.165) is 21.5 Å². The van der Waals surface area contributed by atoms with Crippen molar-refractivity contribution < 1.29 is 19.1 Å². The highest BCUT2D eigenvalue weighted by Crippen LogP contribution is 2.59. The molecule has 0 bridgehead atoms. The number of amides is 1. The Bertz CT molecular complexity index is 1160. The Kier molecular flexibility index (Phi) is 4.58. The summed E-state index contributed by atoms with van der Waals surface area (Å²) in [5.41, 5.74) is 0.512. The van der Waals surface area contributed by atoms with Crippen molar-refractivity contribution >= 4 is 51.2 Å². The van der Waals surface area contributed by atoms with Crippen LogP contribution >= 0.6 is 18.1 Å². The molecule has 1 amide bonds. The van der Waals surface area contributed by atoms with Gasteiger partial charge in [-0.1, -0.05) is 42.5 Å². The summed E-state index contributed by atoms with van der Waals surface area (Å²) in [5, 5.41) is 9.95. The molecule has 3 N–H and O–H groups in total. The minimum absolute atomic E-state index is 0.512. The molecule has 1 heterocycles. The summed E-state index contributed by atoms with van der Waals surface area (Å²) in [6.45, 7) is 0. The van der Waals surface area contributed by atoms with Gasteiger partial charge in [-0.05, 0) is 35.0 Å². The lowest BCUT2D eigenvalue weighted by molar-refractivity contribution is -0.115. The van der Waals surface area contributed by atoms with Crippen LogP contribution in [0.3, 0.4) is 0 Å². The summed E-state index contributed by atoms with van der Waals surface area (Å²) in [7, 11) is -5.64. The summed E-state index contributed by atoms with van der Waals surface area (Å²) < 4.78 is 12.1. The van der Waals surface area contributed by atoms with E-state index in [1.54, 1.807) is 22.9 Å². The van der Waals surface area contributed by atoms with Gasteiger partial charge in [-0.25, -0.2) is 0 Å². The Morgan fingerprint density at radius 2 is 1.41 bits per heavy atom. The van der Waals surface area contributed by atoms with Crippen molar-refractivity contribution in [3.05, 3.63) is 77.5 Å². The van der Waals surface area contributed by atoms with Crippen LogP contribution in [0, 0.1) is 0 Å². The van der Waals surface area contributed by atoms with Crippen molar-refractivity contribution in [2.45, 2.75) is 4.99 Å². The molecule has 0 saturated carbocycles. The van der Waals surface area contributed by atoms with Gasteiger partial charge in [0, 0.05) is 26.9 Å². The van der Waals surface area contributed by atoms with E-state index >= 15 is 0 Å². The van der Waals surface area contributed by atoms with Crippen LogP contribution in [0.25, 0.3) is 21.5 Å². The molecule has 3 aromatic carbocycles. The predicted octanol–water partition coefficient (Wildman–Crippen LogP) is 5.06. The van der Waals surface area contributed by atoms with Gasteiger partial charge in [0.15, 0.2) is 0 Å². The van der Waals surface area contributed by atoms with Crippen LogP contribution in [0.1, 0.15) is 4.99 Å². The molecule has 0 radical (unpaired) electrons. The number of nitrogens with one attached hydrogen (secondary N) is 1. The highest BCUT2D eigenvalue weighted by atomic mass is 32.2. The Balaban J connectivity index is 1.69. The molecule has 0 aliphatic rings. The fraction of sp³-hybridized carbons (Fsp3) is 0.0500. The van der Waals surface area contributed by atoms with Crippen molar-refractivity contribution in [2.75, 3.05) is 5.32 Å². The second kappa shape index (κ2) is 6.91. The standard InChI is InChI=1S/C20H16NO4PS/c22-19(21-18-10-9-14-5-1-2-6-15(14)11-18)20(26(23,24)25)27-12-16-7-3-4-8-17(16)13-27/h1-13,20H,(H2-,21,22,23,24,25)/p+1. The van der Waals surface area contributed by atoms with Crippen molar-refractivity contribution in [1.82, 2.24) is 0 Å². The van der Waals surface area contributed by atoms with E-state index in [4.69, 9.17) is 0 Å². The first-order chi connectivity index (χ1) is 12.9. The Morgan fingerprint density at radius 1 is 0.852 bits per heavy atom. The summed E-state index contributed by atoms with van der Waals surface area (Å²) in [6.07, 6.45) is 0. The Hall–Kier alpha value is -2.50. The Labute approximate surface area is 158 Å². The number of hydrogen-bond donors (Lipinski definition) is 3. The van der Waals surface area contributed by atoms with E-state index in [-0.39, 0.29) is 0 Å². The number of rotatable bonds is 4. The Morgan fingerprint density at radius 3 is 2.00 bits per heavy atom. The average molecular weight is 398 g/mol. The topological polar surface area (TPSA) is 86.6 Å². The molecule has 1 atom stereocenters. The summed E-state index contributed by atoms with van der Waals surface area (Å²) in [4.78, 5) is 31.1. The lowest BCUT2D eigenvalue weighted by Crippen LogP contribution is -2.18. The quantitative estimate of drug-likeness (QED) is 0.331. The lowest BCUT2D eigenvalue weighted by Gasteiger charge is -2.12. The number of anilines is 1. The van der Waals surface area contributed by atoms with Gasteiger partial charge in [-0.15, -0.1) is 0 Å². The van der Waals surface area contributed by atoms with Crippen LogP contribution in [0.5, 0.6) is 0 Å². The summed E-state index contributed by atoms with van der Waals surface area (Å²) in [6, 6.07) is 20.6. The van der Waals surface area contributed by atoms with Crippen LogP contribution in [0.4, 0.5) is 5.69 Å². The maximum absolute atomic E-state index is 12.8. The number of carbonyl (C=O) groups is 1. The van der Waals surface area contributed by atoms with Gasteiger partial charge in [0.05, 0.1) is 0 Å². The van der Waals surface area contributed by atoms with Gasteiger partial charge >= 0.3 is 12.6 Å². The lowest BCUT2D eigenvalue weighted by atomic mass is 10.1. The number of thiophene rings is 1. The zero-order valence-electron chi connectivity index (χ0n) is 14.1. The second-order valence-electron chi connectivity index (χ2n) is 6.27. The molecular formula is C20H17NO4PS+. The van der Waals surface area contributed by atoms with Crippen molar-refractivity contribution in [2.24, 2.45) is 0 Å². The summed E-state index contributed by atoms with van der Waals surface area (Å²) in [5.74, 6) is -0.678. The van der Waals surface area contributed by atoms with Gasteiger partial charge in [0.25, 0.3) is 5.91 Å². The number of carbonyl (C=O) groups excluding carboxylic acids is 1. The molecule has 0 aliphatic carbocycles. The first kappa shape index (κ1) is 17.9. The molecule has 4 rings (SSSR count). The third kappa shape index (κ3) is 3.66. The molecule has 27 heavy (non-hydrogen) atoms. The largest absolute Gasteiger partial charge is 0.392 e. The molecule has 4 aromatic rings. The smallest absolute Gasteiger partial charge is 0.321 e. The van der Waals surface area contributed by atoms with E-state index in [1.807, 2.05) is 54.6 Å². The first-order valence-corrected chi connectivity index (χ1v) is 11.4. The van der Waals surface area contributed by atoms with Crippen molar-refractivity contribution in [3.63, 3.8) is 0 Å². The normalized spacial score (nSPS) is 13.0. The molecular weight excluding hydrogens is 381 g/mol. The highest BCUT2D eigenvalue weighted by molar-refractivity contribution is 7.63. The fourth-order valence-corrected chi connectivity index (χ4v) is 6.74. The maximum Gasteiger partial charge on any atom is 0.392 e. The molecule has 0 spiro atoms. The monoisotopic (exact) mass is 398 g/mol. The molecule has 5 nitrogen and oxygen atoms in total. The van der Waals surface area contributed by atoms with E-state index in [1.165, 1.54) is 0 Å². The molecule has 7 heteroatoms. The molecule has 0 saturated heterocycles. The van der Waals surface area contributed by atoms with Crippen LogP contribution in [-0.4, -0.2) is 15.7 Å². The van der Waals surface area contributed by atoms with Gasteiger partial charge < -0.3 is 15.1 Å². The number of fused-ring (bicyclic) bond motifs is 2. The number of hydrogen-bond acceptors (Lipinski definition) is 2. The third-order valence-electron chi connectivity index (χ3n) is 4.33. The zero-order valence-corrected chi connectivity index (χ0v) is 15.9. The maximum atomic E-state index is 12.8. The third-order valence-corrected chi connectivity index (χ3v) is 8.51. The molecule has 0 fully saturated rings. The van der Waals surface area contributed by atoms with Crippen LogP contribution in [0.15, 0.2) is 77.5 Å². The molecule has 0 aliphatic heterocycles. The average Bonchev–Trinajstić information content (AvgIpc) is 3.03. The van der Waals surface area contributed by atoms with Crippen molar-refractivity contribution in [3.8, 4) is 0 Å². The van der Waals surface area contributed by atoms with Gasteiger partial charge in [0.1, 0.15) is 10.8 Å². The molecule has 136 valence electrons. The van der Waals surface area contributed by atoms with Crippen LogP contribution in [-0.2, 0) is 9.36 Å². The number of benzene rings is 3. The van der Waals surface area contributed by atoms with Crippen LogP contribution in [0.2, 0.25) is 0 Å². The predicted molar refractivity (Wildman–Crippen MR) is 110 cm³/mol. The minimum atomic E-state index is -4.66. The molecule has 1 aromatic heterocycles. The van der Waals surface area contributed by atoms with Gasteiger partial charge in [-0.2, -0.15) is 0 Å². The fourth-order valence-electron chi connectivity index (χ4n) is 3.09. The zero-order chi connectivity index (χ0) is 19.0. The van der Waals surface area contributed by atoms with Gasteiger partial charge in [-0.3, -0.25) is 9.36 Å². The second-order valence-corrected chi connectivity index (χ2v) is 10.1. The van der Waals surface area contributed by atoms with E-state index in [9.17, 15) is 19.1 Å². The van der Waals surface area contributed by atoms with E-state index in [0.29, 0.717) is 5.69 Å². The van der Waals surface area contributed by atoms with E-state index in [2.05, 4.69) is 5.32 Å². The SMILES string of the molecule is O=C(Nc1ccc2ccccc2c1)C([s+]1cc2ccccc2c1)P(=O)(O)O. The highest BCUT2D eigenvalue weighted by Gasteiger charge is 2.45.